The molecule has 0 aliphatic heterocycles. The first-order valence-corrected chi connectivity index (χ1v) is 4.50. The number of aliphatic carboxylic acids is 1. The van der Waals surface area contributed by atoms with Crippen LogP contribution in [0.1, 0.15) is 17.6 Å². The molecule has 16 heavy (non-hydrogen) atoms. The highest BCUT2D eigenvalue weighted by molar-refractivity contribution is 5.73. The Morgan fingerprint density at radius 1 is 1.44 bits per heavy atom. The fourth-order valence-electron chi connectivity index (χ4n) is 1.25. The number of halogens is 2. The molecule has 0 saturated carbocycles. The van der Waals surface area contributed by atoms with E-state index in [2.05, 4.69) is 0 Å². The lowest BCUT2D eigenvalue weighted by molar-refractivity contribution is -0.138. The first kappa shape index (κ1) is 12.4. The second kappa shape index (κ2) is 4.89. The van der Waals surface area contributed by atoms with Crippen LogP contribution in [-0.4, -0.2) is 22.2 Å². The van der Waals surface area contributed by atoms with Crippen molar-refractivity contribution in [2.24, 2.45) is 5.73 Å². The molecular formula is C10H11F2NO3. The van der Waals surface area contributed by atoms with E-state index in [1.807, 2.05) is 0 Å². The van der Waals surface area contributed by atoms with Gasteiger partial charge in [-0.05, 0) is 24.1 Å². The van der Waals surface area contributed by atoms with Gasteiger partial charge < -0.3 is 15.9 Å². The molecule has 0 aliphatic rings. The van der Waals surface area contributed by atoms with Crippen molar-refractivity contribution in [3.05, 3.63) is 29.3 Å². The quantitative estimate of drug-likeness (QED) is 0.728. The number of hydrogen-bond donors (Lipinski definition) is 3. The van der Waals surface area contributed by atoms with Crippen molar-refractivity contribution < 1.29 is 23.8 Å². The van der Waals surface area contributed by atoms with Crippen LogP contribution < -0.4 is 5.73 Å². The Labute approximate surface area is 90.3 Å². The number of nitrogens with two attached hydrogens (primary N) is 1. The fraction of sp³-hybridized carbons (Fsp3) is 0.300. The second-order valence-electron chi connectivity index (χ2n) is 3.34. The molecule has 1 atom stereocenters. The molecule has 0 saturated heterocycles. The van der Waals surface area contributed by atoms with Gasteiger partial charge in [0.05, 0.1) is 5.56 Å². The summed E-state index contributed by atoms with van der Waals surface area (Å²) in [4.78, 5) is 10.5. The van der Waals surface area contributed by atoms with Crippen LogP contribution in [0.5, 0.6) is 5.75 Å². The maximum Gasteiger partial charge on any atom is 0.320 e. The van der Waals surface area contributed by atoms with Crippen molar-refractivity contribution in [1.82, 2.24) is 0 Å². The van der Waals surface area contributed by atoms with E-state index in [0.29, 0.717) is 5.56 Å². The lowest BCUT2D eigenvalue weighted by Gasteiger charge is -2.09. The number of alkyl halides is 2. The van der Waals surface area contributed by atoms with Crippen LogP contribution in [0.2, 0.25) is 0 Å². The van der Waals surface area contributed by atoms with Gasteiger partial charge in [0.2, 0.25) is 0 Å². The topological polar surface area (TPSA) is 83.5 Å². The van der Waals surface area contributed by atoms with Crippen LogP contribution in [0.15, 0.2) is 18.2 Å². The summed E-state index contributed by atoms with van der Waals surface area (Å²) >= 11 is 0. The monoisotopic (exact) mass is 231 g/mol. The van der Waals surface area contributed by atoms with Crippen LogP contribution in [0.4, 0.5) is 8.78 Å². The maximum atomic E-state index is 12.4. The molecule has 0 radical (unpaired) electrons. The SMILES string of the molecule is NC(Cc1ccc(O)c(C(F)F)c1)C(=O)O. The third kappa shape index (κ3) is 2.90. The first-order valence-electron chi connectivity index (χ1n) is 4.50. The number of benzene rings is 1. The number of carbonyl (C=O) groups is 1. The molecule has 0 heterocycles. The van der Waals surface area contributed by atoms with Gasteiger partial charge in [-0.1, -0.05) is 6.07 Å². The lowest BCUT2D eigenvalue weighted by atomic mass is 10.0. The average molecular weight is 231 g/mol. The normalized spacial score (nSPS) is 12.8. The Morgan fingerprint density at radius 2 is 2.06 bits per heavy atom. The highest BCUT2D eigenvalue weighted by atomic mass is 19.3. The van der Waals surface area contributed by atoms with E-state index in [1.54, 1.807) is 0 Å². The summed E-state index contributed by atoms with van der Waals surface area (Å²) in [5, 5.41) is 17.7. The first-order chi connectivity index (χ1) is 7.41. The van der Waals surface area contributed by atoms with E-state index in [-0.39, 0.29) is 6.42 Å². The van der Waals surface area contributed by atoms with Gasteiger partial charge in [0.25, 0.3) is 6.43 Å². The van der Waals surface area contributed by atoms with Gasteiger partial charge in [-0.2, -0.15) is 0 Å². The van der Waals surface area contributed by atoms with E-state index in [9.17, 15) is 13.6 Å². The third-order valence-electron chi connectivity index (χ3n) is 2.10. The fourth-order valence-corrected chi connectivity index (χ4v) is 1.25. The molecule has 1 unspecified atom stereocenters. The smallest absolute Gasteiger partial charge is 0.320 e. The zero-order valence-corrected chi connectivity index (χ0v) is 8.23. The highest BCUT2D eigenvalue weighted by Crippen LogP contribution is 2.29. The van der Waals surface area contributed by atoms with Crippen molar-refractivity contribution in [2.75, 3.05) is 0 Å². The van der Waals surface area contributed by atoms with Crippen LogP contribution >= 0.6 is 0 Å². The van der Waals surface area contributed by atoms with Crippen LogP contribution in [-0.2, 0) is 11.2 Å². The van der Waals surface area contributed by atoms with Crippen LogP contribution in [0.3, 0.4) is 0 Å². The molecule has 0 bridgehead atoms. The molecule has 88 valence electrons. The van der Waals surface area contributed by atoms with E-state index < -0.39 is 29.7 Å². The highest BCUT2D eigenvalue weighted by Gasteiger charge is 2.16. The van der Waals surface area contributed by atoms with Gasteiger partial charge in [0.1, 0.15) is 11.8 Å². The number of aromatic hydroxyl groups is 1. The number of rotatable bonds is 4. The number of phenolic OH excluding ortho intramolecular Hbond substituents is 1. The molecule has 6 heteroatoms. The molecule has 0 aromatic heterocycles. The average Bonchev–Trinajstić information content (AvgIpc) is 2.20. The number of carboxylic acids is 1. The van der Waals surface area contributed by atoms with Crippen LogP contribution in [0, 0.1) is 0 Å². The Bertz CT molecular complexity index is 396. The van der Waals surface area contributed by atoms with Crippen molar-refractivity contribution in [3.8, 4) is 5.75 Å². The van der Waals surface area contributed by atoms with Gasteiger partial charge >= 0.3 is 5.97 Å². The molecule has 0 amide bonds. The minimum atomic E-state index is -2.80. The van der Waals surface area contributed by atoms with E-state index in [1.165, 1.54) is 6.07 Å². The number of phenols is 1. The van der Waals surface area contributed by atoms with Gasteiger partial charge in [0, 0.05) is 0 Å². The van der Waals surface area contributed by atoms with Crippen molar-refractivity contribution >= 4 is 5.97 Å². The summed E-state index contributed by atoms with van der Waals surface area (Å²) in [5.74, 6) is -1.71. The van der Waals surface area contributed by atoms with E-state index >= 15 is 0 Å². The second-order valence-corrected chi connectivity index (χ2v) is 3.34. The minimum absolute atomic E-state index is 0.0602. The van der Waals surface area contributed by atoms with Crippen molar-refractivity contribution in [1.29, 1.82) is 0 Å². The summed E-state index contributed by atoms with van der Waals surface area (Å²) in [6.07, 6.45) is -2.86. The molecule has 4 nitrogen and oxygen atoms in total. The molecule has 0 spiro atoms. The Morgan fingerprint density at radius 3 is 2.56 bits per heavy atom. The van der Waals surface area contributed by atoms with E-state index in [0.717, 1.165) is 12.1 Å². The largest absolute Gasteiger partial charge is 0.507 e. The summed E-state index contributed by atoms with van der Waals surface area (Å²) in [6.45, 7) is 0. The Hall–Kier alpha value is -1.69. The Balaban J connectivity index is 2.91. The zero-order valence-electron chi connectivity index (χ0n) is 8.23. The molecule has 0 fully saturated rings. The summed E-state index contributed by atoms with van der Waals surface area (Å²) in [5.41, 5.74) is 5.09. The predicted molar refractivity (Wildman–Crippen MR) is 52.4 cm³/mol. The molecule has 4 N–H and O–H groups in total. The minimum Gasteiger partial charge on any atom is -0.507 e. The van der Waals surface area contributed by atoms with Gasteiger partial charge in [0.15, 0.2) is 0 Å². The van der Waals surface area contributed by atoms with Gasteiger partial charge in [-0.15, -0.1) is 0 Å². The molecule has 1 aromatic rings. The molecular weight excluding hydrogens is 220 g/mol. The summed E-state index contributed by atoms with van der Waals surface area (Å²) in [7, 11) is 0. The van der Waals surface area contributed by atoms with Gasteiger partial charge in [-0.3, -0.25) is 4.79 Å². The molecule has 1 rings (SSSR count). The predicted octanol–water partition coefficient (Wildman–Crippen LogP) is 1.28. The summed E-state index contributed by atoms with van der Waals surface area (Å²) < 4.78 is 24.8. The standard InChI is InChI=1S/C10H11F2NO3/c11-9(12)6-3-5(1-2-8(6)14)4-7(13)10(15)16/h1-3,7,9,14H,4,13H2,(H,15,16). The maximum absolute atomic E-state index is 12.4. The zero-order chi connectivity index (χ0) is 12.3. The number of carboxylic acid groups (broad SMARTS) is 1. The number of hydrogen-bond acceptors (Lipinski definition) is 3. The molecule has 1 aromatic carbocycles. The summed E-state index contributed by atoms with van der Waals surface area (Å²) in [6, 6.07) is 2.38. The Kier molecular flexibility index (Phi) is 3.78. The third-order valence-corrected chi connectivity index (χ3v) is 2.10. The van der Waals surface area contributed by atoms with Gasteiger partial charge in [-0.25, -0.2) is 8.78 Å². The van der Waals surface area contributed by atoms with E-state index in [4.69, 9.17) is 15.9 Å². The lowest BCUT2D eigenvalue weighted by Crippen LogP contribution is -2.32. The van der Waals surface area contributed by atoms with Crippen molar-refractivity contribution in [3.63, 3.8) is 0 Å². The van der Waals surface area contributed by atoms with Crippen LogP contribution in [0.25, 0.3) is 0 Å². The molecule has 0 aliphatic carbocycles. The van der Waals surface area contributed by atoms with Crippen molar-refractivity contribution in [2.45, 2.75) is 18.9 Å².